The van der Waals surface area contributed by atoms with Crippen molar-refractivity contribution in [1.82, 2.24) is 4.90 Å². The van der Waals surface area contributed by atoms with E-state index in [-0.39, 0.29) is 12.5 Å². The third-order valence-corrected chi connectivity index (χ3v) is 3.10. The third kappa shape index (κ3) is 4.31. The predicted molar refractivity (Wildman–Crippen MR) is 73.9 cm³/mol. The Morgan fingerprint density at radius 2 is 1.94 bits per heavy atom. The van der Waals surface area contributed by atoms with Gasteiger partial charge in [-0.15, -0.1) is 11.6 Å². The number of benzene rings is 1. The summed E-state index contributed by atoms with van der Waals surface area (Å²) in [6.07, 6.45) is 1.98. The van der Waals surface area contributed by atoms with E-state index in [1.807, 2.05) is 12.1 Å². The number of rotatable bonds is 7. The summed E-state index contributed by atoms with van der Waals surface area (Å²) in [5.74, 6) is 0.420. The van der Waals surface area contributed by atoms with Crippen molar-refractivity contribution in [2.45, 2.75) is 25.6 Å². The molecular formula is C14H20ClNO2. The first-order valence-electron chi connectivity index (χ1n) is 6.28. The van der Waals surface area contributed by atoms with Crippen LogP contribution in [0.5, 0.6) is 0 Å². The maximum Gasteiger partial charge on any atom is 0.253 e. The summed E-state index contributed by atoms with van der Waals surface area (Å²) in [7, 11) is 0. The second kappa shape index (κ2) is 8.11. The molecule has 1 N–H and O–H groups in total. The van der Waals surface area contributed by atoms with Gasteiger partial charge < -0.3 is 10.0 Å². The summed E-state index contributed by atoms with van der Waals surface area (Å²) < 4.78 is 0. The molecule has 1 aromatic carbocycles. The fraction of sp³-hybridized carbons (Fsp3) is 0.500. The number of carbonyl (C=O) groups excluding carboxylic acids is 1. The monoisotopic (exact) mass is 269 g/mol. The molecule has 0 unspecified atom stereocenters. The van der Waals surface area contributed by atoms with Crippen LogP contribution < -0.4 is 0 Å². The van der Waals surface area contributed by atoms with E-state index in [0.29, 0.717) is 24.5 Å². The minimum absolute atomic E-state index is 0.00474. The highest BCUT2D eigenvalue weighted by atomic mass is 35.5. The van der Waals surface area contributed by atoms with Crippen molar-refractivity contribution in [3.8, 4) is 0 Å². The van der Waals surface area contributed by atoms with E-state index >= 15 is 0 Å². The number of unbranched alkanes of at least 4 members (excludes halogenated alkanes) is 1. The molecule has 0 saturated heterocycles. The number of aliphatic hydroxyl groups excluding tert-OH is 1. The second-order valence-corrected chi connectivity index (χ2v) is 4.47. The van der Waals surface area contributed by atoms with Gasteiger partial charge in [0.15, 0.2) is 0 Å². The standard InChI is InChI=1S/C14H20ClNO2/c1-2-3-8-16(9-10-17)14(18)13-6-4-12(11-15)5-7-13/h4-7,17H,2-3,8-11H2,1H3. The van der Waals surface area contributed by atoms with Crippen LogP contribution in [0.2, 0.25) is 0 Å². The molecular weight excluding hydrogens is 250 g/mol. The van der Waals surface area contributed by atoms with Crippen molar-refractivity contribution in [2.24, 2.45) is 0 Å². The van der Waals surface area contributed by atoms with Crippen molar-refractivity contribution >= 4 is 17.5 Å². The first-order valence-corrected chi connectivity index (χ1v) is 6.81. The highest BCUT2D eigenvalue weighted by Crippen LogP contribution is 2.10. The lowest BCUT2D eigenvalue weighted by Gasteiger charge is -2.21. The molecule has 0 saturated carbocycles. The Morgan fingerprint density at radius 3 is 2.44 bits per heavy atom. The van der Waals surface area contributed by atoms with Crippen LogP contribution in [-0.2, 0) is 5.88 Å². The van der Waals surface area contributed by atoms with E-state index in [1.165, 1.54) is 0 Å². The average Bonchev–Trinajstić information content (AvgIpc) is 2.43. The molecule has 0 fully saturated rings. The Hall–Kier alpha value is -1.06. The maximum absolute atomic E-state index is 12.2. The van der Waals surface area contributed by atoms with Gasteiger partial charge in [0.1, 0.15) is 0 Å². The number of nitrogens with zero attached hydrogens (tertiary/aromatic N) is 1. The summed E-state index contributed by atoms with van der Waals surface area (Å²) in [5, 5.41) is 9.00. The predicted octanol–water partition coefficient (Wildman–Crippen LogP) is 2.66. The number of aliphatic hydroxyl groups is 1. The third-order valence-electron chi connectivity index (χ3n) is 2.79. The molecule has 3 nitrogen and oxygen atoms in total. The van der Waals surface area contributed by atoms with Crippen LogP contribution in [0.3, 0.4) is 0 Å². The van der Waals surface area contributed by atoms with Gasteiger partial charge in [-0.25, -0.2) is 0 Å². The normalized spacial score (nSPS) is 10.4. The topological polar surface area (TPSA) is 40.5 Å². The number of alkyl halides is 1. The molecule has 1 aromatic rings. The molecule has 4 heteroatoms. The van der Waals surface area contributed by atoms with Crippen LogP contribution >= 0.6 is 11.6 Å². The van der Waals surface area contributed by atoms with Gasteiger partial charge in [-0.1, -0.05) is 25.5 Å². The molecule has 0 atom stereocenters. The van der Waals surface area contributed by atoms with Crippen molar-refractivity contribution in [3.63, 3.8) is 0 Å². The molecule has 100 valence electrons. The van der Waals surface area contributed by atoms with E-state index in [1.54, 1.807) is 17.0 Å². The molecule has 0 spiro atoms. The van der Waals surface area contributed by atoms with Gasteiger partial charge in [0.25, 0.3) is 5.91 Å². The fourth-order valence-electron chi connectivity index (χ4n) is 1.70. The molecule has 0 aliphatic carbocycles. The molecule has 0 bridgehead atoms. The second-order valence-electron chi connectivity index (χ2n) is 4.20. The van der Waals surface area contributed by atoms with Crippen molar-refractivity contribution in [1.29, 1.82) is 0 Å². The van der Waals surface area contributed by atoms with Crippen LogP contribution in [0, 0.1) is 0 Å². The molecule has 18 heavy (non-hydrogen) atoms. The average molecular weight is 270 g/mol. The lowest BCUT2D eigenvalue weighted by atomic mass is 10.1. The first kappa shape index (κ1) is 15.0. The van der Waals surface area contributed by atoms with Gasteiger partial charge in [0.05, 0.1) is 6.61 Å². The molecule has 0 radical (unpaired) electrons. The Labute approximate surface area is 113 Å². The minimum Gasteiger partial charge on any atom is -0.395 e. The molecule has 0 heterocycles. The van der Waals surface area contributed by atoms with E-state index < -0.39 is 0 Å². The highest BCUT2D eigenvalue weighted by Gasteiger charge is 2.14. The van der Waals surface area contributed by atoms with Crippen molar-refractivity contribution < 1.29 is 9.90 Å². The number of halogens is 1. The molecule has 1 amide bonds. The zero-order chi connectivity index (χ0) is 13.4. The van der Waals surface area contributed by atoms with E-state index in [0.717, 1.165) is 18.4 Å². The lowest BCUT2D eigenvalue weighted by Crippen LogP contribution is -2.34. The summed E-state index contributed by atoms with van der Waals surface area (Å²) in [6, 6.07) is 7.29. The largest absolute Gasteiger partial charge is 0.395 e. The van der Waals surface area contributed by atoms with Crippen molar-refractivity contribution in [3.05, 3.63) is 35.4 Å². The van der Waals surface area contributed by atoms with Gasteiger partial charge in [0, 0.05) is 24.5 Å². The Kier molecular flexibility index (Phi) is 6.76. The zero-order valence-corrected chi connectivity index (χ0v) is 11.5. The van der Waals surface area contributed by atoms with Gasteiger partial charge in [-0.2, -0.15) is 0 Å². The van der Waals surface area contributed by atoms with Gasteiger partial charge in [0.2, 0.25) is 0 Å². The molecule has 0 aliphatic rings. The minimum atomic E-state index is -0.0291. The quantitative estimate of drug-likeness (QED) is 0.773. The van der Waals surface area contributed by atoms with Gasteiger partial charge in [-0.3, -0.25) is 4.79 Å². The first-order chi connectivity index (χ1) is 8.72. The fourth-order valence-corrected chi connectivity index (χ4v) is 1.88. The van der Waals surface area contributed by atoms with Gasteiger partial charge >= 0.3 is 0 Å². The summed E-state index contributed by atoms with van der Waals surface area (Å²) in [4.78, 5) is 13.9. The van der Waals surface area contributed by atoms with Crippen LogP contribution in [0.1, 0.15) is 35.7 Å². The highest BCUT2D eigenvalue weighted by molar-refractivity contribution is 6.17. The Morgan fingerprint density at radius 1 is 1.28 bits per heavy atom. The Balaban J connectivity index is 2.73. The SMILES string of the molecule is CCCCN(CCO)C(=O)c1ccc(CCl)cc1. The zero-order valence-electron chi connectivity index (χ0n) is 10.7. The summed E-state index contributed by atoms with van der Waals surface area (Å²) in [5.41, 5.74) is 1.64. The lowest BCUT2D eigenvalue weighted by molar-refractivity contribution is 0.0719. The summed E-state index contributed by atoms with van der Waals surface area (Å²) in [6.45, 7) is 3.15. The maximum atomic E-state index is 12.2. The van der Waals surface area contributed by atoms with E-state index in [9.17, 15) is 4.79 Å². The number of hydrogen-bond donors (Lipinski definition) is 1. The number of carbonyl (C=O) groups is 1. The number of hydrogen-bond acceptors (Lipinski definition) is 2. The molecule has 1 rings (SSSR count). The van der Waals surface area contributed by atoms with Crippen LogP contribution in [-0.4, -0.2) is 35.6 Å². The van der Waals surface area contributed by atoms with Crippen LogP contribution in [0.25, 0.3) is 0 Å². The van der Waals surface area contributed by atoms with E-state index in [2.05, 4.69) is 6.92 Å². The van der Waals surface area contributed by atoms with Crippen LogP contribution in [0.15, 0.2) is 24.3 Å². The van der Waals surface area contributed by atoms with Gasteiger partial charge in [-0.05, 0) is 24.1 Å². The van der Waals surface area contributed by atoms with Crippen molar-refractivity contribution in [2.75, 3.05) is 19.7 Å². The smallest absolute Gasteiger partial charge is 0.253 e. The van der Waals surface area contributed by atoms with Crippen LogP contribution in [0.4, 0.5) is 0 Å². The van der Waals surface area contributed by atoms with E-state index in [4.69, 9.17) is 16.7 Å². The Bertz CT molecular complexity index is 365. The summed E-state index contributed by atoms with van der Waals surface area (Å²) >= 11 is 5.71. The number of amides is 1. The molecule has 0 aromatic heterocycles. The molecule has 0 aliphatic heterocycles.